The highest BCUT2D eigenvalue weighted by atomic mass is 32.1. The van der Waals surface area contributed by atoms with Crippen molar-refractivity contribution in [3.63, 3.8) is 0 Å². The summed E-state index contributed by atoms with van der Waals surface area (Å²) in [5.41, 5.74) is 3.01. The minimum Gasteiger partial charge on any atom is -0.368 e. The maximum atomic E-state index is 4.70. The molecule has 4 aromatic rings. The number of nitrogens with one attached hydrogen (secondary N) is 1. The molecule has 7 heteroatoms. The van der Waals surface area contributed by atoms with Crippen molar-refractivity contribution < 1.29 is 0 Å². The van der Waals surface area contributed by atoms with Crippen molar-refractivity contribution in [2.45, 2.75) is 13.3 Å². The Kier molecular flexibility index (Phi) is 3.92. The smallest absolute Gasteiger partial charge is 0.178 e. The van der Waals surface area contributed by atoms with Crippen molar-refractivity contribution >= 4 is 22.8 Å². The van der Waals surface area contributed by atoms with Crippen LogP contribution in [0.1, 0.15) is 11.5 Å². The first-order valence-corrected chi connectivity index (χ1v) is 8.60. The van der Waals surface area contributed by atoms with Crippen molar-refractivity contribution in [1.82, 2.24) is 24.8 Å². The molecule has 0 radical (unpaired) electrons. The molecule has 24 heavy (non-hydrogen) atoms. The van der Waals surface area contributed by atoms with Crippen LogP contribution in [-0.4, -0.2) is 31.3 Å². The molecular formula is C17H16N6S. The molecule has 0 bridgehead atoms. The maximum absolute atomic E-state index is 4.70. The van der Waals surface area contributed by atoms with Gasteiger partial charge in [-0.2, -0.15) is 4.52 Å². The Hall–Kier alpha value is -2.80. The molecule has 0 saturated carbocycles. The van der Waals surface area contributed by atoms with Crippen molar-refractivity contribution in [2.75, 3.05) is 11.9 Å². The Morgan fingerprint density at radius 2 is 1.96 bits per heavy atom. The van der Waals surface area contributed by atoms with Gasteiger partial charge in [-0.1, -0.05) is 30.3 Å². The van der Waals surface area contributed by atoms with E-state index in [2.05, 4.69) is 38.1 Å². The number of rotatable bonds is 5. The summed E-state index contributed by atoms with van der Waals surface area (Å²) in [4.78, 5) is 4.70. The van der Waals surface area contributed by atoms with E-state index < -0.39 is 0 Å². The lowest BCUT2D eigenvalue weighted by molar-refractivity contribution is 0.865. The second-order valence-corrected chi connectivity index (χ2v) is 6.28. The molecule has 3 heterocycles. The number of aromatic nitrogens is 5. The number of thiazole rings is 1. The van der Waals surface area contributed by atoms with E-state index in [0.29, 0.717) is 0 Å². The van der Waals surface area contributed by atoms with Crippen LogP contribution >= 0.6 is 11.3 Å². The monoisotopic (exact) mass is 336 g/mol. The van der Waals surface area contributed by atoms with Gasteiger partial charge in [-0.3, -0.25) is 0 Å². The molecule has 0 fully saturated rings. The van der Waals surface area contributed by atoms with E-state index in [9.17, 15) is 0 Å². The highest BCUT2D eigenvalue weighted by Gasteiger charge is 2.06. The summed E-state index contributed by atoms with van der Waals surface area (Å²) in [6.07, 6.45) is 0.851. The zero-order chi connectivity index (χ0) is 16.4. The van der Waals surface area contributed by atoms with Gasteiger partial charge < -0.3 is 5.32 Å². The summed E-state index contributed by atoms with van der Waals surface area (Å²) in [7, 11) is 0. The highest BCUT2D eigenvalue weighted by molar-refractivity contribution is 7.13. The SMILES string of the molecule is Cc1nnc2ccc(NCCc3csc(-c4ccccc4)n3)nn12. The predicted octanol–water partition coefficient (Wildman–Crippen LogP) is 3.21. The van der Waals surface area contributed by atoms with Gasteiger partial charge in [0.25, 0.3) is 0 Å². The van der Waals surface area contributed by atoms with Gasteiger partial charge in [0.1, 0.15) is 10.8 Å². The Labute approximate surface area is 143 Å². The second-order valence-electron chi connectivity index (χ2n) is 5.42. The Balaban J connectivity index is 1.40. The predicted molar refractivity (Wildman–Crippen MR) is 95.3 cm³/mol. The number of hydrogen-bond donors (Lipinski definition) is 1. The largest absolute Gasteiger partial charge is 0.368 e. The van der Waals surface area contributed by atoms with Crippen molar-refractivity contribution in [1.29, 1.82) is 0 Å². The van der Waals surface area contributed by atoms with E-state index in [0.717, 1.165) is 46.5 Å². The minimum absolute atomic E-state index is 0.755. The number of hydrogen-bond acceptors (Lipinski definition) is 6. The number of anilines is 1. The fraction of sp³-hybridized carbons (Fsp3) is 0.176. The van der Waals surface area contributed by atoms with Gasteiger partial charge in [0.2, 0.25) is 0 Å². The maximum Gasteiger partial charge on any atom is 0.178 e. The molecule has 0 atom stereocenters. The first-order chi connectivity index (χ1) is 11.8. The molecule has 0 spiro atoms. The summed E-state index contributed by atoms with van der Waals surface area (Å²) >= 11 is 1.68. The lowest BCUT2D eigenvalue weighted by Crippen LogP contribution is -2.08. The fourth-order valence-corrected chi connectivity index (χ4v) is 3.30. The van der Waals surface area contributed by atoms with Gasteiger partial charge in [0, 0.05) is 23.9 Å². The zero-order valence-corrected chi connectivity index (χ0v) is 14.0. The van der Waals surface area contributed by atoms with Gasteiger partial charge in [0.05, 0.1) is 5.69 Å². The quantitative estimate of drug-likeness (QED) is 0.606. The lowest BCUT2D eigenvalue weighted by Gasteiger charge is -2.04. The summed E-state index contributed by atoms with van der Waals surface area (Å²) in [6.45, 7) is 2.66. The molecule has 0 unspecified atom stereocenters. The summed E-state index contributed by atoms with van der Waals surface area (Å²) in [5, 5.41) is 19.0. The van der Waals surface area contributed by atoms with Crippen LogP contribution in [0.15, 0.2) is 47.8 Å². The fourth-order valence-electron chi connectivity index (χ4n) is 2.44. The van der Waals surface area contributed by atoms with E-state index in [1.165, 1.54) is 0 Å². The Morgan fingerprint density at radius 1 is 1.08 bits per heavy atom. The Bertz CT molecular complexity index is 960. The number of nitrogens with zero attached hydrogens (tertiary/aromatic N) is 5. The van der Waals surface area contributed by atoms with E-state index >= 15 is 0 Å². The van der Waals surface area contributed by atoms with E-state index in [1.54, 1.807) is 15.9 Å². The van der Waals surface area contributed by atoms with Crippen LogP contribution in [0.25, 0.3) is 16.2 Å². The van der Waals surface area contributed by atoms with Crippen LogP contribution in [0.4, 0.5) is 5.82 Å². The summed E-state index contributed by atoms with van der Waals surface area (Å²) in [5.74, 6) is 1.59. The number of fused-ring (bicyclic) bond motifs is 1. The lowest BCUT2D eigenvalue weighted by atomic mass is 10.2. The van der Waals surface area contributed by atoms with E-state index in [1.807, 2.05) is 37.3 Å². The van der Waals surface area contributed by atoms with Crippen LogP contribution in [0.3, 0.4) is 0 Å². The van der Waals surface area contributed by atoms with Crippen LogP contribution in [-0.2, 0) is 6.42 Å². The first-order valence-electron chi connectivity index (χ1n) is 7.72. The summed E-state index contributed by atoms with van der Waals surface area (Å²) in [6, 6.07) is 14.1. The van der Waals surface area contributed by atoms with Crippen LogP contribution in [0, 0.1) is 6.92 Å². The number of aryl methyl sites for hydroxylation is 1. The van der Waals surface area contributed by atoms with E-state index in [4.69, 9.17) is 4.98 Å². The van der Waals surface area contributed by atoms with Crippen molar-refractivity contribution in [3.8, 4) is 10.6 Å². The molecule has 6 nitrogen and oxygen atoms in total. The molecule has 0 aliphatic rings. The van der Waals surface area contributed by atoms with Crippen molar-refractivity contribution in [2.24, 2.45) is 0 Å². The van der Waals surface area contributed by atoms with Gasteiger partial charge in [-0.05, 0) is 19.1 Å². The van der Waals surface area contributed by atoms with Gasteiger partial charge >= 0.3 is 0 Å². The van der Waals surface area contributed by atoms with Gasteiger partial charge in [-0.15, -0.1) is 26.6 Å². The van der Waals surface area contributed by atoms with Crippen LogP contribution < -0.4 is 5.32 Å². The highest BCUT2D eigenvalue weighted by Crippen LogP contribution is 2.23. The number of benzene rings is 1. The van der Waals surface area contributed by atoms with Crippen molar-refractivity contribution in [3.05, 3.63) is 59.4 Å². The molecule has 0 aliphatic heterocycles. The average molecular weight is 336 g/mol. The third-order valence-electron chi connectivity index (χ3n) is 3.68. The first kappa shape index (κ1) is 14.8. The third kappa shape index (κ3) is 2.98. The molecule has 1 aromatic carbocycles. The van der Waals surface area contributed by atoms with Crippen LogP contribution in [0.2, 0.25) is 0 Å². The summed E-state index contributed by atoms with van der Waals surface area (Å²) < 4.78 is 1.73. The molecule has 0 amide bonds. The minimum atomic E-state index is 0.755. The molecular weight excluding hydrogens is 320 g/mol. The average Bonchev–Trinajstić information content (AvgIpc) is 3.23. The molecule has 0 saturated heterocycles. The van der Waals surface area contributed by atoms with Gasteiger partial charge in [0.15, 0.2) is 11.5 Å². The van der Waals surface area contributed by atoms with Gasteiger partial charge in [-0.25, -0.2) is 4.98 Å². The third-order valence-corrected chi connectivity index (χ3v) is 4.62. The topological polar surface area (TPSA) is 68.0 Å². The zero-order valence-electron chi connectivity index (χ0n) is 13.2. The second kappa shape index (κ2) is 6.37. The molecule has 3 aromatic heterocycles. The standard InChI is InChI=1S/C17H16N6S/c1-12-20-21-16-8-7-15(22-23(12)16)18-10-9-14-11-24-17(19-14)13-5-3-2-4-6-13/h2-8,11H,9-10H2,1H3,(H,18,22). The normalized spacial score (nSPS) is 11.0. The van der Waals surface area contributed by atoms with E-state index in [-0.39, 0.29) is 0 Å². The Morgan fingerprint density at radius 3 is 2.83 bits per heavy atom. The molecule has 4 rings (SSSR count). The molecule has 1 N–H and O–H groups in total. The van der Waals surface area contributed by atoms with Crippen LogP contribution in [0.5, 0.6) is 0 Å². The molecule has 120 valence electrons. The molecule has 0 aliphatic carbocycles.